The Bertz CT molecular complexity index is 372. The lowest BCUT2D eigenvalue weighted by Gasteiger charge is -2.38. The second-order valence-electron chi connectivity index (χ2n) is 6.08. The number of aliphatic carboxylic acids is 1. The molecular formula is C15H26N2O4. The van der Waals surface area contributed by atoms with Gasteiger partial charge in [0.2, 0.25) is 0 Å². The average molecular weight is 298 g/mol. The largest absolute Gasteiger partial charge is 0.481 e. The van der Waals surface area contributed by atoms with Gasteiger partial charge in [-0.15, -0.1) is 0 Å². The van der Waals surface area contributed by atoms with Gasteiger partial charge in [0, 0.05) is 26.2 Å². The molecule has 0 radical (unpaired) electrons. The van der Waals surface area contributed by atoms with Gasteiger partial charge >= 0.3 is 12.0 Å². The van der Waals surface area contributed by atoms with Crippen molar-refractivity contribution in [2.45, 2.75) is 51.6 Å². The standard InChI is InChI=1S/C15H26N2O4/c1-2-15(13(18)19)6-9-17(10-7-15)14(20)16-8-5-12-4-3-11-21-12/h12H,2-11H2,1H3,(H,16,20)(H,18,19). The van der Waals surface area contributed by atoms with Crippen LogP contribution >= 0.6 is 0 Å². The SMILES string of the molecule is CCC1(C(=O)O)CCN(C(=O)NCCC2CCCO2)CC1. The van der Waals surface area contributed by atoms with Crippen molar-refractivity contribution in [1.82, 2.24) is 10.2 Å². The molecule has 2 N–H and O–H groups in total. The normalized spacial score (nSPS) is 24.8. The molecule has 2 saturated heterocycles. The van der Waals surface area contributed by atoms with Gasteiger partial charge < -0.3 is 20.1 Å². The zero-order valence-corrected chi connectivity index (χ0v) is 12.8. The molecule has 120 valence electrons. The van der Waals surface area contributed by atoms with Crippen molar-refractivity contribution in [2.24, 2.45) is 5.41 Å². The Hall–Kier alpha value is -1.30. The molecule has 0 spiro atoms. The number of carbonyl (C=O) groups is 2. The molecule has 0 aromatic rings. The first kappa shape index (κ1) is 16.1. The van der Waals surface area contributed by atoms with Gasteiger partial charge in [0.05, 0.1) is 11.5 Å². The Labute approximate surface area is 125 Å². The lowest BCUT2D eigenvalue weighted by Crippen LogP contribution is -2.49. The molecule has 0 bridgehead atoms. The van der Waals surface area contributed by atoms with Gasteiger partial charge in [-0.05, 0) is 38.5 Å². The van der Waals surface area contributed by atoms with Crippen LogP contribution in [0.2, 0.25) is 0 Å². The lowest BCUT2D eigenvalue weighted by atomic mass is 9.76. The van der Waals surface area contributed by atoms with Crippen LogP contribution in [0.25, 0.3) is 0 Å². The quantitative estimate of drug-likeness (QED) is 0.812. The minimum absolute atomic E-state index is 0.0805. The maximum Gasteiger partial charge on any atom is 0.317 e. The molecule has 0 saturated carbocycles. The highest BCUT2D eigenvalue weighted by Gasteiger charge is 2.40. The summed E-state index contributed by atoms with van der Waals surface area (Å²) in [6.45, 7) is 4.40. The highest BCUT2D eigenvalue weighted by atomic mass is 16.5. The highest BCUT2D eigenvalue weighted by molar-refractivity contribution is 5.77. The smallest absolute Gasteiger partial charge is 0.317 e. The minimum Gasteiger partial charge on any atom is -0.481 e. The van der Waals surface area contributed by atoms with Crippen LogP contribution < -0.4 is 5.32 Å². The Morgan fingerprint density at radius 3 is 2.62 bits per heavy atom. The number of urea groups is 1. The van der Waals surface area contributed by atoms with E-state index in [1.807, 2.05) is 6.92 Å². The summed E-state index contributed by atoms with van der Waals surface area (Å²) in [6, 6.07) is -0.0805. The Morgan fingerprint density at radius 1 is 1.38 bits per heavy atom. The molecule has 1 unspecified atom stereocenters. The monoisotopic (exact) mass is 298 g/mol. The summed E-state index contributed by atoms with van der Waals surface area (Å²) in [5.74, 6) is -0.733. The summed E-state index contributed by atoms with van der Waals surface area (Å²) in [7, 11) is 0. The number of hydrogen-bond donors (Lipinski definition) is 2. The first-order valence-corrected chi connectivity index (χ1v) is 7.95. The van der Waals surface area contributed by atoms with Gasteiger partial charge in [-0.3, -0.25) is 4.79 Å². The molecule has 6 heteroatoms. The highest BCUT2D eigenvalue weighted by Crippen LogP contribution is 2.35. The van der Waals surface area contributed by atoms with E-state index in [1.165, 1.54) is 0 Å². The summed E-state index contributed by atoms with van der Waals surface area (Å²) in [4.78, 5) is 25.2. The van der Waals surface area contributed by atoms with Crippen LogP contribution in [0.15, 0.2) is 0 Å². The molecule has 6 nitrogen and oxygen atoms in total. The Kier molecular flexibility index (Phi) is 5.45. The van der Waals surface area contributed by atoms with E-state index in [4.69, 9.17) is 4.74 Å². The average Bonchev–Trinajstić information content (AvgIpc) is 3.00. The van der Waals surface area contributed by atoms with E-state index >= 15 is 0 Å². The third kappa shape index (κ3) is 3.87. The number of carboxylic acids is 1. The molecule has 0 aromatic heterocycles. The van der Waals surface area contributed by atoms with Crippen molar-refractivity contribution in [2.75, 3.05) is 26.2 Å². The van der Waals surface area contributed by atoms with Crippen LogP contribution in [0, 0.1) is 5.41 Å². The Balaban J connectivity index is 1.71. The zero-order chi connectivity index (χ0) is 15.3. The fraction of sp³-hybridized carbons (Fsp3) is 0.867. The number of amides is 2. The zero-order valence-electron chi connectivity index (χ0n) is 12.8. The van der Waals surface area contributed by atoms with Gasteiger partial charge in [-0.25, -0.2) is 4.79 Å². The van der Waals surface area contributed by atoms with E-state index in [-0.39, 0.29) is 12.1 Å². The molecular weight excluding hydrogens is 272 g/mol. The van der Waals surface area contributed by atoms with Crippen LogP contribution in [0.4, 0.5) is 4.79 Å². The molecule has 2 heterocycles. The molecule has 2 fully saturated rings. The van der Waals surface area contributed by atoms with Crippen molar-refractivity contribution in [3.63, 3.8) is 0 Å². The van der Waals surface area contributed by atoms with E-state index in [2.05, 4.69) is 5.32 Å². The second-order valence-corrected chi connectivity index (χ2v) is 6.08. The molecule has 2 amide bonds. The van der Waals surface area contributed by atoms with Crippen molar-refractivity contribution < 1.29 is 19.4 Å². The van der Waals surface area contributed by atoms with Crippen LogP contribution in [0.1, 0.15) is 45.4 Å². The number of piperidine rings is 1. The maximum absolute atomic E-state index is 12.1. The first-order chi connectivity index (χ1) is 10.1. The van der Waals surface area contributed by atoms with Crippen LogP contribution in [-0.4, -0.2) is 54.4 Å². The van der Waals surface area contributed by atoms with Crippen molar-refractivity contribution >= 4 is 12.0 Å². The molecule has 21 heavy (non-hydrogen) atoms. The fourth-order valence-electron chi connectivity index (χ4n) is 3.18. The number of carbonyl (C=O) groups excluding carboxylic acids is 1. The van der Waals surface area contributed by atoms with Gasteiger partial charge in [0.15, 0.2) is 0 Å². The van der Waals surface area contributed by atoms with Crippen LogP contribution in [0.3, 0.4) is 0 Å². The lowest BCUT2D eigenvalue weighted by molar-refractivity contribution is -0.151. The fourth-order valence-corrected chi connectivity index (χ4v) is 3.18. The van der Waals surface area contributed by atoms with Crippen molar-refractivity contribution in [1.29, 1.82) is 0 Å². The first-order valence-electron chi connectivity index (χ1n) is 7.95. The molecule has 1 atom stereocenters. The number of ether oxygens (including phenoxy) is 1. The number of rotatable bonds is 5. The molecule has 0 aromatic carbocycles. The third-order valence-corrected chi connectivity index (χ3v) is 4.90. The van der Waals surface area contributed by atoms with E-state index in [1.54, 1.807) is 4.90 Å². The van der Waals surface area contributed by atoms with Gasteiger partial charge in [-0.1, -0.05) is 6.92 Å². The number of nitrogens with zero attached hydrogens (tertiary/aromatic N) is 1. The van der Waals surface area contributed by atoms with Gasteiger partial charge in [0.25, 0.3) is 0 Å². The van der Waals surface area contributed by atoms with E-state index in [0.717, 1.165) is 25.9 Å². The molecule has 2 aliphatic heterocycles. The minimum atomic E-state index is -0.733. The Morgan fingerprint density at radius 2 is 2.10 bits per heavy atom. The van der Waals surface area contributed by atoms with Crippen molar-refractivity contribution in [3.05, 3.63) is 0 Å². The molecule has 2 aliphatic rings. The number of hydrogen-bond acceptors (Lipinski definition) is 3. The molecule has 2 rings (SSSR count). The predicted molar refractivity (Wildman–Crippen MR) is 78.2 cm³/mol. The van der Waals surface area contributed by atoms with Gasteiger partial charge in [-0.2, -0.15) is 0 Å². The summed E-state index contributed by atoms with van der Waals surface area (Å²) in [6.07, 6.45) is 5.03. The molecule has 0 aliphatic carbocycles. The summed E-state index contributed by atoms with van der Waals surface area (Å²) in [5, 5.41) is 12.3. The number of likely N-dealkylation sites (tertiary alicyclic amines) is 1. The van der Waals surface area contributed by atoms with Crippen molar-refractivity contribution in [3.8, 4) is 0 Å². The summed E-state index contributed by atoms with van der Waals surface area (Å²) < 4.78 is 5.52. The number of nitrogens with one attached hydrogen (secondary N) is 1. The van der Waals surface area contributed by atoms with E-state index in [0.29, 0.717) is 38.9 Å². The predicted octanol–water partition coefficient (Wildman–Crippen LogP) is 1.84. The van der Waals surface area contributed by atoms with Crippen LogP contribution in [0.5, 0.6) is 0 Å². The topological polar surface area (TPSA) is 78.9 Å². The van der Waals surface area contributed by atoms with E-state index in [9.17, 15) is 14.7 Å². The summed E-state index contributed by atoms with van der Waals surface area (Å²) >= 11 is 0. The maximum atomic E-state index is 12.1. The number of carboxylic acid groups (broad SMARTS) is 1. The third-order valence-electron chi connectivity index (χ3n) is 4.90. The van der Waals surface area contributed by atoms with E-state index < -0.39 is 11.4 Å². The summed E-state index contributed by atoms with van der Waals surface area (Å²) in [5.41, 5.74) is -0.644. The van der Waals surface area contributed by atoms with Crippen LogP contribution in [-0.2, 0) is 9.53 Å². The van der Waals surface area contributed by atoms with Gasteiger partial charge in [0.1, 0.15) is 0 Å². The second kappa shape index (κ2) is 7.11.